The molecule has 1 N–H and O–H groups in total. The zero-order chi connectivity index (χ0) is 13.7. The fraction of sp³-hybridized carbons (Fsp3) is 0.333. The molecule has 0 bridgehead atoms. The second-order valence-corrected chi connectivity index (χ2v) is 5.26. The van der Waals surface area contributed by atoms with Crippen molar-refractivity contribution in [2.45, 2.75) is 39.2 Å². The SMILES string of the molecule is Cc1cccc(CCC(C)O)c1Cc1ccccc1. The summed E-state index contributed by atoms with van der Waals surface area (Å²) in [5.41, 5.74) is 5.46. The smallest absolute Gasteiger partial charge is 0.0515 e. The number of aryl methyl sites for hydroxylation is 2. The van der Waals surface area contributed by atoms with E-state index in [4.69, 9.17) is 0 Å². The fourth-order valence-corrected chi connectivity index (χ4v) is 2.41. The third kappa shape index (κ3) is 3.93. The molecule has 0 aromatic heterocycles. The van der Waals surface area contributed by atoms with Crippen molar-refractivity contribution < 1.29 is 5.11 Å². The first-order valence-corrected chi connectivity index (χ1v) is 6.96. The van der Waals surface area contributed by atoms with Crippen LogP contribution in [0.15, 0.2) is 48.5 Å². The Morgan fingerprint density at radius 2 is 1.74 bits per heavy atom. The summed E-state index contributed by atoms with van der Waals surface area (Å²) in [5.74, 6) is 0. The Bertz CT molecular complexity index is 514. The third-order valence-electron chi connectivity index (χ3n) is 3.56. The molecule has 0 fully saturated rings. The molecule has 0 radical (unpaired) electrons. The van der Waals surface area contributed by atoms with Crippen LogP contribution in [0.5, 0.6) is 0 Å². The van der Waals surface area contributed by atoms with Gasteiger partial charge in [0.1, 0.15) is 0 Å². The van der Waals surface area contributed by atoms with Gasteiger partial charge in [-0.1, -0.05) is 48.5 Å². The lowest BCUT2D eigenvalue weighted by atomic mass is 9.92. The van der Waals surface area contributed by atoms with Gasteiger partial charge in [0, 0.05) is 0 Å². The van der Waals surface area contributed by atoms with E-state index in [1.165, 1.54) is 22.3 Å². The van der Waals surface area contributed by atoms with Gasteiger partial charge < -0.3 is 5.11 Å². The van der Waals surface area contributed by atoms with Crippen molar-refractivity contribution in [2.75, 3.05) is 0 Å². The van der Waals surface area contributed by atoms with Crippen LogP contribution in [0.4, 0.5) is 0 Å². The molecule has 1 unspecified atom stereocenters. The van der Waals surface area contributed by atoms with Crippen molar-refractivity contribution in [1.82, 2.24) is 0 Å². The number of hydrogen-bond acceptors (Lipinski definition) is 1. The van der Waals surface area contributed by atoms with Gasteiger partial charge in [0.05, 0.1) is 6.10 Å². The standard InChI is InChI=1S/C18H22O/c1-14-7-6-10-17(12-11-15(2)19)18(14)13-16-8-4-3-5-9-16/h3-10,15,19H,11-13H2,1-2H3. The molecule has 0 spiro atoms. The maximum absolute atomic E-state index is 9.46. The molecule has 2 aromatic carbocycles. The number of hydrogen-bond donors (Lipinski definition) is 1. The zero-order valence-electron chi connectivity index (χ0n) is 11.8. The van der Waals surface area contributed by atoms with E-state index >= 15 is 0 Å². The summed E-state index contributed by atoms with van der Waals surface area (Å²) in [4.78, 5) is 0. The van der Waals surface area contributed by atoms with Gasteiger partial charge in [-0.25, -0.2) is 0 Å². The number of aliphatic hydroxyl groups excluding tert-OH is 1. The van der Waals surface area contributed by atoms with Crippen molar-refractivity contribution in [1.29, 1.82) is 0 Å². The maximum Gasteiger partial charge on any atom is 0.0515 e. The highest BCUT2D eigenvalue weighted by molar-refractivity contribution is 5.38. The lowest BCUT2D eigenvalue weighted by Gasteiger charge is -2.13. The molecular formula is C18H22O. The van der Waals surface area contributed by atoms with E-state index in [0.29, 0.717) is 0 Å². The van der Waals surface area contributed by atoms with Gasteiger partial charge in [-0.3, -0.25) is 0 Å². The molecule has 0 amide bonds. The van der Waals surface area contributed by atoms with Gasteiger partial charge in [-0.2, -0.15) is 0 Å². The van der Waals surface area contributed by atoms with Gasteiger partial charge in [0.25, 0.3) is 0 Å². The lowest BCUT2D eigenvalue weighted by molar-refractivity contribution is 0.185. The minimum Gasteiger partial charge on any atom is -0.393 e. The Morgan fingerprint density at radius 1 is 1.00 bits per heavy atom. The van der Waals surface area contributed by atoms with Gasteiger partial charge in [-0.15, -0.1) is 0 Å². The normalized spacial score (nSPS) is 12.4. The molecule has 0 aliphatic rings. The minimum absolute atomic E-state index is 0.231. The van der Waals surface area contributed by atoms with E-state index in [1.807, 2.05) is 6.92 Å². The van der Waals surface area contributed by atoms with E-state index in [2.05, 4.69) is 55.5 Å². The number of aliphatic hydroxyl groups is 1. The van der Waals surface area contributed by atoms with Crippen molar-refractivity contribution in [3.05, 3.63) is 70.8 Å². The van der Waals surface area contributed by atoms with Crippen molar-refractivity contribution in [2.24, 2.45) is 0 Å². The summed E-state index contributed by atoms with van der Waals surface area (Å²) in [7, 11) is 0. The van der Waals surface area contributed by atoms with E-state index in [1.54, 1.807) is 0 Å². The molecule has 1 nitrogen and oxygen atoms in total. The topological polar surface area (TPSA) is 20.2 Å². The highest BCUT2D eigenvalue weighted by Gasteiger charge is 2.07. The van der Waals surface area contributed by atoms with Crippen LogP contribution in [-0.2, 0) is 12.8 Å². The summed E-state index contributed by atoms with van der Waals surface area (Å²) >= 11 is 0. The van der Waals surface area contributed by atoms with E-state index in [-0.39, 0.29) is 6.10 Å². The van der Waals surface area contributed by atoms with Crippen molar-refractivity contribution in [3.63, 3.8) is 0 Å². The first kappa shape index (κ1) is 13.8. The highest BCUT2D eigenvalue weighted by atomic mass is 16.3. The van der Waals surface area contributed by atoms with Crippen LogP contribution in [-0.4, -0.2) is 11.2 Å². The van der Waals surface area contributed by atoms with Gasteiger partial charge in [-0.05, 0) is 55.4 Å². The number of rotatable bonds is 5. The molecule has 0 saturated carbocycles. The van der Waals surface area contributed by atoms with Crippen LogP contribution in [0.25, 0.3) is 0 Å². The van der Waals surface area contributed by atoms with Crippen molar-refractivity contribution >= 4 is 0 Å². The molecule has 0 aliphatic heterocycles. The molecule has 0 heterocycles. The predicted octanol–water partition coefficient (Wildman–Crippen LogP) is 3.90. The molecule has 1 atom stereocenters. The molecule has 0 saturated heterocycles. The van der Waals surface area contributed by atoms with Gasteiger partial charge in [0.15, 0.2) is 0 Å². The molecule has 1 heteroatoms. The lowest BCUT2D eigenvalue weighted by Crippen LogP contribution is -2.05. The summed E-state index contributed by atoms with van der Waals surface area (Å²) in [6.07, 6.45) is 2.51. The molecule has 2 aromatic rings. The van der Waals surface area contributed by atoms with Crippen LogP contribution in [0.3, 0.4) is 0 Å². The van der Waals surface area contributed by atoms with Gasteiger partial charge >= 0.3 is 0 Å². The Hall–Kier alpha value is -1.60. The van der Waals surface area contributed by atoms with E-state index in [9.17, 15) is 5.11 Å². The van der Waals surface area contributed by atoms with Crippen LogP contribution in [0.1, 0.15) is 35.6 Å². The molecular weight excluding hydrogens is 232 g/mol. The van der Waals surface area contributed by atoms with Gasteiger partial charge in [0.2, 0.25) is 0 Å². The van der Waals surface area contributed by atoms with E-state index < -0.39 is 0 Å². The first-order valence-electron chi connectivity index (χ1n) is 6.96. The highest BCUT2D eigenvalue weighted by Crippen LogP contribution is 2.20. The second-order valence-electron chi connectivity index (χ2n) is 5.26. The predicted molar refractivity (Wildman–Crippen MR) is 80.4 cm³/mol. The molecule has 100 valence electrons. The largest absolute Gasteiger partial charge is 0.393 e. The second kappa shape index (κ2) is 6.53. The maximum atomic E-state index is 9.46. The van der Waals surface area contributed by atoms with Crippen LogP contribution in [0.2, 0.25) is 0 Å². The summed E-state index contributed by atoms with van der Waals surface area (Å²) < 4.78 is 0. The Morgan fingerprint density at radius 3 is 2.42 bits per heavy atom. The van der Waals surface area contributed by atoms with Crippen LogP contribution < -0.4 is 0 Å². The van der Waals surface area contributed by atoms with Crippen molar-refractivity contribution in [3.8, 4) is 0 Å². The number of benzene rings is 2. The van der Waals surface area contributed by atoms with Crippen LogP contribution in [0, 0.1) is 6.92 Å². The van der Waals surface area contributed by atoms with Crippen LogP contribution >= 0.6 is 0 Å². The molecule has 19 heavy (non-hydrogen) atoms. The summed E-state index contributed by atoms with van der Waals surface area (Å²) in [6, 6.07) is 17.0. The Balaban J connectivity index is 2.22. The quantitative estimate of drug-likeness (QED) is 0.858. The Kier molecular flexibility index (Phi) is 4.75. The zero-order valence-corrected chi connectivity index (χ0v) is 11.8. The fourth-order valence-electron chi connectivity index (χ4n) is 2.41. The molecule has 2 rings (SSSR count). The third-order valence-corrected chi connectivity index (χ3v) is 3.56. The Labute approximate surface area is 115 Å². The average molecular weight is 254 g/mol. The first-order chi connectivity index (χ1) is 9.16. The average Bonchev–Trinajstić information content (AvgIpc) is 2.40. The monoisotopic (exact) mass is 254 g/mol. The van der Waals surface area contributed by atoms with E-state index in [0.717, 1.165) is 19.3 Å². The molecule has 0 aliphatic carbocycles. The summed E-state index contributed by atoms with van der Waals surface area (Å²) in [5, 5.41) is 9.46. The summed E-state index contributed by atoms with van der Waals surface area (Å²) in [6.45, 7) is 4.02. The minimum atomic E-state index is -0.231.